The van der Waals surface area contributed by atoms with Gasteiger partial charge in [-0.3, -0.25) is 14.4 Å². The Labute approximate surface area is 161 Å². The molecule has 0 spiro atoms. The van der Waals surface area contributed by atoms with E-state index in [1.54, 1.807) is 22.8 Å². The Morgan fingerprint density at radius 2 is 1.93 bits per heavy atom. The zero-order chi connectivity index (χ0) is 20.0. The quantitative estimate of drug-likeness (QED) is 0.797. The average molecular weight is 384 g/mol. The summed E-state index contributed by atoms with van der Waals surface area (Å²) in [7, 11) is 0. The number of nitrogens with zero attached hydrogens (tertiary/aromatic N) is 2. The smallest absolute Gasteiger partial charge is 0.289 e. The molecule has 0 bridgehead atoms. The molecule has 2 aliphatic heterocycles. The van der Waals surface area contributed by atoms with Crippen molar-refractivity contribution < 1.29 is 18.4 Å². The van der Waals surface area contributed by atoms with Crippen molar-refractivity contribution in [1.82, 2.24) is 9.80 Å². The minimum absolute atomic E-state index is 0.00572. The molecule has 7 heteroatoms. The van der Waals surface area contributed by atoms with Gasteiger partial charge in [0.1, 0.15) is 11.6 Å². The van der Waals surface area contributed by atoms with Crippen LogP contribution < -0.4 is 5.43 Å². The maximum atomic E-state index is 13.8. The van der Waals surface area contributed by atoms with Gasteiger partial charge in [0.05, 0.1) is 6.04 Å². The Morgan fingerprint density at radius 3 is 2.61 bits per heavy atom. The van der Waals surface area contributed by atoms with Gasteiger partial charge in [-0.15, -0.1) is 0 Å². The molecule has 28 heavy (non-hydrogen) atoms. The first-order chi connectivity index (χ1) is 13.3. The summed E-state index contributed by atoms with van der Waals surface area (Å²) in [6, 6.07) is 8.53. The number of hydrogen-bond acceptors (Lipinski definition) is 4. The fourth-order valence-corrected chi connectivity index (χ4v) is 4.52. The van der Waals surface area contributed by atoms with Gasteiger partial charge in [-0.1, -0.05) is 12.1 Å². The van der Waals surface area contributed by atoms with E-state index < -0.39 is 0 Å². The minimum atomic E-state index is -0.350. The predicted molar refractivity (Wildman–Crippen MR) is 99.1 cm³/mol. The van der Waals surface area contributed by atoms with Gasteiger partial charge in [-0.25, -0.2) is 4.39 Å². The molecule has 1 aromatic heterocycles. The van der Waals surface area contributed by atoms with Crippen molar-refractivity contribution in [2.45, 2.75) is 19.9 Å². The minimum Gasteiger partial charge on any atom is -0.456 e. The van der Waals surface area contributed by atoms with Gasteiger partial charge < -0.3 is 14.2 Å². The van der Waals surface area contributed by atoms with Crippen molar-refractivity contribution >= 4 is 11.8 Å². The summed E-state index contributed by atoms with van der Waals surface area (Å²) in [5, 5.41) is 0. The molecule has 4 rings (SSSR count). The number of carbonyl (C=O) groups excluding carboxylic acids is 2. The van der Waals surface area contributed by atoms with Gasteiger partial charge in [0, 0.05) is 50.5 Å². The maximum absolute atomic E-state index is 13.8. The molecule has 0 radical (unpaired) electrons. The Balaban J connectivity index is 1.62. The van der Waals surface area contributed by atoms with Crippen molar-refractivity contribution in [2.75, 3.05) is 19.6 Å². The topological polar surface area (TPSA) is 70.8 Å². The Kier molecular flexibility index (Phi) is 4.53. The molecule has 0 saturated carbocycles. The number of aryl methyl sites for hydroxylation is 1. The van der Waals surface area contributed by atoms with Crippen LogP contribution in [0.4, 0.5) is 4.39 Å². The van der Waals surface area contributed by atoms with Gasteiger partial charge in [0.25, 0.3) is 5.91 Å². The number of likely N-dealkylation sites (tertiary alicyclic amines) is 2. The van der Waals surface area contributed by atoms with Crippen LogP contribution in [0.15, 0.2) is 45.6 Å². The molecule has 2 fully saturated rings. The highest BCUT2D eigenvalue weighted by Gasteiger charge is 2.49. The molecule has 2 aliphatic rings. The number of hydrogen-bond donors (Lipinski definition) is 0. The van der Waals surface area contributed by atoms with Gasteiger partial charge >= 0.3 is 0 Å². The zero-order valence-corrected chi connectivity index (χ0v) is 15.7. The van der Waals surface area contributed by atoms with E-state index in [1.165, 1.54) is 31.2 Å². The third-order valence-corrected chi connectivity index (χ3v) is 5.65. The highest BCUT2D eigenvalue weighted by atomic mass is 19.1. The fraction of sp³-hybridized carbons (Fsp3) is 0.381. The van der Waals surface area contributed by atoms with Crippen LogP contribution in [0.3, 0.4) is 0 Å². The van der Waals surface area contributed by atoms with E-state index in [0.29, 0.717) is 25.4 Å². The standard InChI is InChI=1S/C21H21FN2O4/c1-12-6-17(26)8-19(28-12)21(27)23-9-15-10-24(13(2)25)20(18(15)11-23)14-4-3-5-16(22)7-14/h3-8,15,18,20H,9-11H2,1-2H3/t15-,18-,20-/m1/s1. The lowest BCUT2D eigenvalue weighted by Crippen LogP contribution is -2.36. The fourth-order valence-electron chi connectivity index (χ4n) is 4.52. The van der Waals surface area contributed by atoms with Crippen LogP contribution in [-0.4, -0.2) is 41.2 Å². The average Bonchev–Trinajstić information content (AvgIpc) is 3.18. The molecule has 2 aromatic rings. The van der Waals surface area contributed by atoms with Crippen molar-refractivity contribution in [1.29, 1.82) is 0 Å². The van der Waals surface area contributed by atoms with Crippen LogP contribution in [0.25, 0.3) is 0 Å². The molecule has 3 atom stereocenters. The SMILES string of the molecule is CC(=O)N1C[C@H]2CN(C(=O)c3cc(=O)cc(C)o3)C[C@H]2[C@H]1c1cccc(F)c1. The highest BCUT2D eigenvalue weighted by Crippen LogP contribution is 2.45. The van der Waals surface area contributed by atoms with E-state index in [4.69, 9.17) is 4.42 Å². The summed E-state index contributed by atoms with van der Waals surface area (Å²) in [5.41, 5.74) is 0.464. The van der Waals surface area contributed by atoms with Crippen LogP contribution in [0.1, 0.15) is 34.8 Å². The van der Waals surface area contributed by atoms with Crippen LogP contribution in [-0.2, 0) is 4.79 Å². The first kappa shape index (κ1) is 18.4. The van der Waals surface area contributed by atoms with Gasteiger partial charge in [0.15, 0.2) is 11.2 Å². The van der Waals surface area contributed by atoms with Crippen molar-refractivity contribution in [3.05, 3.63) is 69.5 Å². The van der Waals surface area contributed by atoms with Crippen LogP contribution in [0.5, 0.6) is 0 Å². The van der Waals surface area contributed by atoms with E-state index >= 15 is 0 Å². The normalized spacial score (nSPS) is 23.8. The summed E-state index contributed by atoms with van der Waals surface area (Å²) in [6.45, 7) is 4.55. The second-order valence-corrected chi connectivity index (χ2v) is 7.57. The summed E-state index contributed by atoms with van der Waals surface area (Å²) >= 11 is 0. The molecular weight excluding hydrogens is 363 g/mol. The van der Waals surface area contributed by atoms with Gasteiger partial charge in [-0.05, 0) is 24.6 Å². The van der Waals surface area contributed by atoms with E-state index in [2.05, 4.69) is 0 Å². The molecule has 146 valence electrons. The van der Waals surface area contributed by atoms with E-state index in [9.17, 15) is 18.8 Å². The summed E-state index contributed by atoms with van der Waals surface area (Å²) in [6.07, 6.45) is 0. The second-order valence-electron chi connectivity index (χ2n) is 7.57. The van der Waals surface area contributed by atoms with Crippen molar-refractivity contribution in [3.63, 3.8) is 0 Å². The lowest BCUT2D eigenvalue weighted by atomic mass is 9.89. The monoisotopic (exact) mass is 384 g/mol. The highest BCUT2D eigenvalue weighted by molar-refractivity contribution is 5.91. The van der Waals surface area contributed by atoms with Crippen molar-refractivity contribution in [3.8, 4) is 0 Å². The number of halogens is 1. The Hall–Kier alpha value is -2.96. The Morgan fingerprint density at radius 1 is 1.14 bits per heavy atom. The molecule has 0 aliphatic carbocycles. The molecule has 1 aromatic carbocycles. The molecule has 6 nitrogen and oxygen atoms in total. The lowest BCUT2D eigenvalue weighted by molar-refractivity contribution is -0.130. The molecule has 3 heterocycles. The molecule has 2 amide bonds. The number of fused-ring (bicyclic) bond motifs is 1. The van der Waals surface area contributed by atoms with Gasteiger partial charge in [-0.2, -0.15) is 0 Å². The third-order valence-electron chi connectivity index (χ3n) is 5.65. The van der Waals surface area contributed by atoms with E-state index in [-0.39, 0.29) is 46.7 Å². The summed E-state index contributed by atoms with van der Waals surface area (Å²) < 4.78 is 19.2. The molecular formula is C21H21FN2O4. The van der Waals surface area contributed by atoms with Crippen LogP contribution >= 0.6 is 0 Å². The number of rotatable bonds is 2. The lowest BCUT2D eigenvalue weighted by Gasteiger charge is -2.29. The molecule has 0 N–H and O–H groups in total. The van der Waals surface area contributed by atoms with E-state index in [1.807, 2.05) is 6.07 Å². The van der Waals surface area contributed by atoms with Crippen molar-refractivity contribution in [2.24, 2.45) is 11.8 Å². The zero-order valence-electron chi connectivity index (χ0n) is 15.7. The summed E-state index contributed by atoms with van der Waals surface area (Å²) in [5.74, 6) is -0.235. The molecule has 0 unspecified atom stereocenters. The first-order valence-corrected chi connectivity index (χ1v) is 9.27. The largest absolute Gasteiger partial charge is 0.456 e. The van der Waals surface area contributed by atoms with Crippen LogP contribution in [0, 0.1) is 24.6 Å². The van der Waals surface area contributed by atoms with Gasteiger partial charge in [0.2, 0.25) is 5.91 Å². The molecule has 2 saturated heterocycles. The number of benzene rings is 1. The Bertz CT molecular complexity index is 1000. The number of amides is 2. The second kappa shape index (κ2) is 6.89. The third kappa shape index (κ3) is 3.21. The van der Waals surface area contributed by atoms with Crippen LogP contribution in [0.2, 0.25) is 0 Å². The van der Waals surface area contributed by atoms with E-state index in [0.717, 1.165) is 5.56 Å². The maximum Gasteiger partial charge on any atom is 0.289 e. The summed E-state index contributed by atoms with van der Waals surface area (Å²) in [4.78, 5) is 40.1. The first-order valence-electron chi connectivity index (χ1n) is 9.27. The predicted octanol–water partition coefficient (Wildman–Crippen LogP) is 2.38. The number of carbonyl (C=O) groups is 2.